The summed E-state index contributed by atoms with van der Waals surface area (Å²) in [4.78, 5) is 24.5. The van der Waals surface area contributed by atoms with Crippen LogP contribution in [0.4, 0.5) is 8.78 Å². The van der Waals surface area contributed by atoms with Crippen LogP contribution in [0.3, 0.4) is 0 Å². The second-order valence-electron chi connectivity index (χ2n) is 5.98. The standard InChI is InChI=1S/C20H17F2NO3S/c1-12(19(24)23-10-9-13-5-7-14(21)8-6-13)26-20(25)18-11-15-16(22)3-2-4-17(15)27-18/h2-8,11-12H,9-10H2,1H3,(H,23,24)/t12-/m1/s1. The minimum absolute atomic E-state index is 0.237. The van der Waals surface area contributed by atoms with Crippen molar-refractivity contribution < 1.29 is 23.1 Å². The van der Waals surface area contributed by atoms with Gasteiger partial charge in [-0.1, -0.05) is 18.2 Å². The van der Waals surface area contributed by atoms with E-state index in [0.29, 0.717) is 23.1 Å². The second kappa shape index (κ2) is 8.26. The maximum atomic E-state index is 13.7. The molecule has 4 nitrogen and oxygen atoms in total. The molecule has 2 aromatic carbocycles. The molecule has 0 fully saturated rings. The van der Waals surface area contributed by atoms with Gasteiger partial charge in [-0.05, 0) is 49.2 Å². The zero-order valence-corrected chi connectivity index (χ0v) is 15.3. The lowest BCUT2D eigenvalue weighted by molar-refractivity contribution is -0.129. The van der Waals surface area contributed by atoms with Crippen molar-refractivity contribution in [1.29, 1.82) is 0 Å². The Bertz CT molecular complexity index is 969. The number of carbonyl (C=O) groups is 2. The summed E-state index contributed by atoms with van der Waals surface area (Å²) in [6.07, 6.45) is -0.455. The SMILES string of the molecule is C[C@@H](OC(=O)c1cc2c(F)cccc2s1)C(=O)NCCc1ccc(F)cc1. The first kappa shape index (κ1) is 19.0. The predicted molar refractivity (Wildman–Crippen MR) is 99.8 cm³/mol. The molecule has 3 rings (SSSR count). The maximum Gasteiger partial charge on any atom is 0.349 e. The van der Waals surface area contributed by atoms with Crippen molar-refractivity contribution in [1.82, 2.24) is 5.32 Å². The fourth-order valence-corrected chi connectivity index (χ4v) is 3.48. The Balaban J connectivity index is 1.52. The van der Waals surface area contributed by atoms with Gasteiger partial charge in [-0.2, -0.15) is 0 Å². The number of hydrogen-bond acceptors (Lipinski definition) is 4. The molecule has 0 aliphatic carbocycles. The lowest BCUT2D eigenvalue weighted by atomic mass is 10.1. The van der Waals surface area contributed by atoms with Gasteiger partial charge in [0.05, 0.1) is 0 Å². The van der Waals surface area contributed by atoms with Gasteiger partial charge in [-0.3, -0.25) is 4.79 Å². The second-order valence-corrected chi connectivity index (χ2v) is 7.06. The highest BCUT2D eigenvalue weighted by molar-refractivity contribution is 7.20. The van der Waals surface area contributed by atoms with Crippen LogP contribution in [-0.4, -0.2) is 24.5 Å². The molecule has 1 atom stereocenters. The highest BCUT2D eigenvalue weighted by atomic mass is 32.1. The van der Waals surface area contributed by atoms with Gasteiger partial charge in [0.2, 0.25) is 0 Å². The van der Waals surface area contributed by atoms with Crippen LogP contribution in [0, 0.1) is 11.6 Å². The molecule has 0 aliphatic heterocycles. The minimum Gasteiger partial charge on any atom is -0.448 e. The zero-order chi connectivity index (χ0) is 19.4. The predicted octanol–water partition coefficient (Wildman–Crippen LogP) is 4.08. The van der Waals surface area contributed by atoms with Crippen LogP contribution in [0.2, 0.25) is 0 Å². The largest absolute Gasteiger partial charge is 0.448 e. The molecule has 0 aliphatic rings. The molecule has 1 aromatic heterocycles. The number of rotatable bonds is 6. The van der Waals surface area contributed by atoms with Crippen LogP contribution in [0.5, 0.6) is 0 Å². The summed E-state index contributed by atoms with van der Waals surface area (Å²) in [6.45, 7) is 1.81. The fourth-order valence-electron chi connectivity index (χ4n) is 2.52. The molecule has 0 saturated heterocycles. The van der Waals surface area contributed by atoms with Crippen molar-refractivity contribution >= 4 is 33.3 Å². The number of benzene rings is 2. The fraction of sp³-hybridized carbons (Fsp3) is 0.200. The van der Waals surface area contributed by atoms with Gasteiger partial charge in [0.15, 0.2) is 6.10 Å². The quantitative estimate of drug-likeness (QED) is 0.646. The van der Waals surface area contributed by atoms with Gasteiger partial charge >= 0.3 is 5.97 Å². The van der Waals surface area contributed by atoms with Crippen molar-refractivity contribution in [3.63, 3.8) is 0 Å². The molecule has 0 radical (unpaired) electrons. The Labute approximate surface area is 158 Å². The third-order valence-corrected chi connectivity index (χ3v) is 5.07. The average Bonchev–Trinajstić information content (AvgIpc) is 3.09. The van der Waals surface area contributed by atoms with E-state index in [1.807, 2.05) is 0 Å². The maximum absolute atomic E-state index is 13.7. The van der Waals surface area contributed by atoms with Crippen molar-refractivity contribution in [2.45, 2.75) is 19.4 Å². The van der Waals surface area contributed by atoms with Gasteiger partial charge < -0.3 is 10.1 Å². The Morgan fingerprint density at radius 2 is 1.89 bits per heavy atom. The van der Waals surface area contributed by atoms with Crippen LogP contribution in [0.25, 0.3) is 10.1 Å². The summed E-state index contributed by atoms with van der Waals surface area (Å²) in [5.74, 6) is -1.83. The van der Waals surface area contributed by atoms with Crippen LogP contribution in [0.1, 0.15) is 22.2 Å². The smallest absolute Gasteiger partial charge is 0.349 e. The van der Waals surface area contributed by atoms with E-state index in [1.54, 1.807) is 24.3 Å². The van der Waals surface area contributed by atoms with Gasteiger partial charge in [0.1, 0.15) is 16.5 Å². The molecular formula is C20H17F2NO3S. The normalized spacial score (nSPS) is 12.0. The van der Waals surface area contributed by atoms with Gasteiger partial charge in [0.25, 0.3) is 5.91 Å². The number of esters is 1. The number of hydrogen-bond donors (Lipinski definition) is 1. The average molecular weight is 389 g/mol. The lowest BCUT2D eigenvalue weighted by Gasteiger charge is -2.13. The van der Waals surface area contributed by atoms with Crippen molar-refractivity contribution in [2.24, 2.45) is 0 Å². The van der Waals surface area contributed by atoms with Crippen molar-refractivity contribution in [2.75, 3.05) is 6.54 Å². The van der Waals surface area contributed by atoms with Gasteiger partial charge in [0, 0.05) is 16.6 Å². The summed E-state index contributed by atoms with van der Waals surface area (Å²) in [6, 6.07) is 12.0. The summed E-state index contributed by atoms with van der Waals surface area (Å²) >= 11 is 1.11. The molecule has 0 bridgehead atoms. The van der Waals surface area contributed by atoms with Crippen molar-refractivity contribution in [3.05, 3.63) is 70.6 Å². The number of carbonyl (C=O) groups excluding carboxylic acids is 2. The Morgan fingerprint density at radius 3 is 2.59 bits per heavy atom. The van der Waals surface area contributed by atoms with Crippen LogP contribution in [0.15, 0.2) is 48.5 Å². The Morgan fingerprint density at radius 1 is 1.15 bits per heavy atom. The number of ether oxygens (including phenoxy) is 1. The third-order valence-electron chi connectivity index (χ3n) is 3.99. The molecule has 1 N–H and O–H groups in total. The van der Waals surface area contributed by atoms with Crippen molar-refractivity contribution in [3.8, 4) is 0 Å². The molecule has 0 spiro atoms. The number of fused-ring (bicyclic) bond motifs is 1. The van der Waals surface area contributed by atoms with Gasteiger partial charge in [-0.15, -0.1) is 11.3 Å². The minimum atomic E-state index is -0.985. The zero-order valence-electron chi connectivity index (χ0n) is 14.5. The topological polar surface area (TPSA) is 55.4 Å². The molecule has 1 amide bonds. The van der Waals surface area contributed by atoms with Gasteiger partial charge in [-0.25, -0.2) is 13.6 Å². The van der Waals surface area contributed by atoms with Crippen LogP contribution >= 0.6 is 11.3 Å². The first-order chi connectivity index (χ1) is 12.9. The van der Waals surface area contributed by atoms with E-state index in [0.717, 1.165) is 16.9 Å². The molecule has 7 heteroatoms. The highest BCUT2D eigenvalue weighted by Crippen LogP contribution is 2.28. The van der Waals surface area contributed by atoms with E-state index in [2.05, 4.69) is 5.32 Å². The van der Waals surface area contributed by atoms with E-state index in [4.69, 9.17) is 4.74 Å². The summed E-state index contributed by atoms with van der Waals surface area (Å²) < 4.78 is 32.4. The van der Waals surface area contributed by atoms with E-state index in [1.165, 1.54) is 31.2 Å². The monoisotopic (exact) mass is 389 g/mol. The summed E-state index contributed by atoms with van der Waals surface area (Å²) in [5, 5.41) is 3.02. The van der Waals surface area contributed by atoms with Crippen LogP contribution in [-0.2, 0) is 16.0 Å². The van der Waals surface area contributed by atoms with E-state index >= 15 is 0 Å². The molecule has 27 heavy (non-hydrogen) atoms. The first-order valence-electron chi connectivity index (χ1n) is 8.35. The molecule has 140 valence electrons. The summed E-state index contributed by atoms with van der Waals surface area (Å²) in [7, 11) is 0. The first-order valence-corrected chi connectivity index (χ1v) is 9.17. The van der Waals surface area contributed by atoms with E-state index in [9.17, 15) is 18.4 Å². The summed E-state index contributed by atoms with van der Waals surface area (Å²) in [5.41, 5.74) is 0.883. The van der Waals surface area contributed by atoms with E-state index in [-0.39, 0.29) is 10.7 Å². The lowest BCUT2D eigenvalue weighted by Crippen LogP contribution is -2.36. The number of halogens is 2. The molecule has 0 unspecified atom stereocenters. The number of nitrogens with one attached hydrogen (secondary N) is 1. The highest BCUT2D eigenvalue weighted by Gasteiger charge is 2.20. The number of amides is 1. The molecule has 0 saturated carbocycles. The molecule has 3 aromatic rings. The third kappa shape index (κ3) is 4.68. The Kier molecular flexibility index (Phi) is 5.81. The number of thiophene rings is 1. The molecule has 1 heterocycles. The van der Waals surface area contributed by atoms with E-state index < -0.39 is 23.8 Å². The van der Waals surface area contributed by atoms with Crippen LogP contribution < -0.4 is 5.32 Å². The molecular weight excluding hydrogens is 372 g/mol. The Hall–Kier alpha value is -2.80.